The number of carbonyl (C=O) groups excluding carboxylic acids is 1. The minimum absolute atomic E-state index is 0.129. The van der Waals surface area contributed by atoms with E-state index in [1.807, 2.05) is 42.2 Å². The zero-order valence-electron chi connectivity index (χ0n) is 12.6. The van der Waals surface area contributed by atoms with E-state index in [-0.39, 0.29) is 5.91 Å². The number of aryl methyl sites for hydroxylation is 1. The Morgan fingerprint density at radius 1 is 1.05 bits per heavy atom. The van der Waals surface area contributed by atoms with E-state index >= 15 is 0 Å². The number of para-hydroxylation sites is 1. The van der Waals surface area contributed by atoms with E-state index in [0.29, 0.717) is 6.54 Å². The lowest BCUT2D eigenvalue weighted by atomic mass is 9.99. The number of carbonyl (C=O) groups is 1. The second-order valence-electron chi connectivity index (χ2n) is 5.92. The first-order valence-corrected chi connectivity index (χ1v) is 7.67. The average molecular weight is 290 g/mol. The third kappa shape index (κ3) is 2.01. The first-order valence-electron chi connectivity index (χ1n) is 7.67. The third-order valence-corrected chi connectivity index (χ3v) is 4.53. The summed E-state index contributed by atoms with van der Waals surface area (Å²) in [5.41, 5.74) is 5.42. The number of nitrogens with zero attached hydrogens (tertiary/aromatic N) is 1. The largest absolute Gasteiger partial charge is 0.358 e. The average Bonchev–Trinajstić information content (AvgIpc) is 2.89. The van der Waals surface area contributed by atoms with E-state index in [1.54, 1.807) is 0 Å². The number of hydrogen-bond acceptors (Lipinski definition) is 1. The molecule has 1 N–H and O–H groups in total. The summed E-state index contributed by atoms with van der Waals surface area (Å²) in [7, 11) is 0. The molecule has 3 aromatic rings. The maximum absolute atomic E-state index is 13.0. The first kappa shape index (κ1) is 13.1. The van der Waals surface area contributed by atoms with Crippen molar-refractivity contribution >= 4 is 16.8 Å². The summed E-state index contributed by atoms with van der Waals surface area (Å²) in [4.78, 5) is 18.3. The van der Waals surface area contributed by atoms with Crippen molar-refractivity contribution in [2.75, 3.05) is 6.54 Å². The van der Waals surface area contributed by atoms with E-state index in [1.165, 1.54) is 11.1 Å². The van der Waals surface area contributed by atoms with Gasteiger partial charge in [0.2, 0.25) is 0 Å². The number of fused-ring (bicyclic) bond motifs is 2. The highest BCUT2D eigenvalue weighted by Crippen LogP contribution is 2.26. The van der Waals surface area contributed by atoms with Gasteiger partial charge in [-0.05, 0) is 30.5 Å². The quantitative estimate of drug-likeness (QED) is 0.729. The van der Waals surface area contributed by atoms with Crippen molar-refractivity contribution < 1.29 is 4.79 Å². The Kier molecular flexibility index (Phi) is 3.00. The molecule has 3 heteroatoms. The van der Waals surface area contributed by atoms with Gasteiger partial charge in [-0.1, -0.05) is 42.5 Å². The highest BCUT2D eigenvalue weighted by Gasteiger charge is 2.25. The van der Waals surface area contributed by atoms with E-state index in [0.717, 1.165) is 35.1 Å². The number of hydrogen-bond donors (Lipinski definition) is 1. The highest BCUT2D eigenvalue weighted by atomic mass is 16.2. The molecule has 0 unspecified atom stereocenters. The van der Waals surface area contributed by atoms with Crippen molar-refractivity contribution in [2.45, 2.75) is 19.9 Å². The lowest BCUT2D eigenvalue weighted by Gasteiger charge is -2.29. The topological polar surface area (TPSA) is 36.1 Å². The van der Waals surface area contributed by atoms with Crippen LogP contribution in [0.3, 0.4) is 0 Å². The molecule has 0 saturated heterocycles. The van der Waals surface area contributed by atoms with Crippen molar-refractivity contribution in [3.8, 4) is 0 Å². The molecule has 4 rings (SSSR count). The van der Waals surface area contributed by atoms with Crippen molar-refractivity contribution in [3.05, 3.63) is 70.9 Å². The number of H-pyrrole nitrogens is 1. The number of nitrogens with one attached hydrogen (secondary N) is 1. The van der Waals surface area contributed by atoms with Crippen LogP contribution < -0.4 is 0 Å². The van der Waals surface area contributed by atoms with Crippen molar-refractivity contribution in [2.24, 2.45) is 0 Å². The van der Waals surface area contributed by atoms with Gasteiger partial charge in [0.15, 0.2) is 0 Å². The van der Waals surface area contributed by atoms with Crippen molar-refractivity contribution in [3.63, 3.8) is 0 Å². The maximum Gasteiger partial charge on any atom is 0.256 e. The lowest BCUT2D eigenvalue weighted by Crippen LogP contribution is -2.36. The van der Waals surface area contributed by atoms with Gasteiger partial charge in [-0.3, -0.25) is 4.79 Å². The fraction of sp³-hybridized carbons (Fsp3) is 0.211. The van der Waals surface area contributed by atoms with Gasteiger partial charge in [0.05, 0.1) is 5.56 Å². The van der Waals surface area contributed by atoms with Gasteiger partial charge >= 0.3 is 0 Å². The van der Waals surface area contributed by atoms with Gasteiger partial charge in [-0.25, -0.2) is 0 Å². The summed E-state index contributed by atoms with van der Waals surface area (Å²) in [5, 5.41) is 1.02. The molecule has 0 aliphatic carbocycles. The van der Waals surface area contributed by atoms with Crippen molar-refractivity contribution in [1.29, 1.82) is 0 Å². The predicted octanol–water partition coefficient (Wildman–Crippen LogP) is 3.67. The van der Waals surface area contributed by atoms with Crippen LogP contribution in [0.15, 0.2) is 48.5 Å². The van der Waals surface area contributed by atoms with Crippen LogP contribution >= 0.6 is 0 Å². The Hall–Kier alpha value is -2.55. The molecule has 0 bridgehead atoms. The van der Waals surface area contributed by atoms with E-state index in [9.17, 15) is 4.79 Å². The molecule has 1 aromatic heterocycles. The molecule has 1 aliphatic rings. The molecule has 2 aromatic carbocycles. The zero-order chi connectivity index (χ0) is 15.1. The van der Waals surface area contributed by atoms with Gasteiger partial charge in [0.25, 0.3) is 5.91 Å². The van der Waals surface area contributed by atoms with Crippen LogP contribution in [0, 0.1) is 6.92 Å². The van der Waals surface area contributed by atoms with Gasteiger partial charge in [-0.15, -0.1) is 0 Å². The monoisotopic (exact) mass is 290 g/mol. The fourth-order valence-corrected chi connectivity index (χ4v) is 3.38. The molecule has 0 atom stereocenters. The third-order valence-electron chi connectivity index (χ3n) is 4.53. The summed E-state index contributed by atoms with van der Waals surface area (Å²) in [6, 6.07) is 16.4. The molecule has 0 spiro atoms. The van der Waals surface area contributed by atoms with E-state index in [2.05, 4.69) is 23.2 Å². The van der Waals surface area contributed by atoms with Gasteiger partial charge < -0.3 is 9.88 Å². The Bertz CT molecular complexity index is 863. The number of aromatic amines is 1. The molecule has 0 saturated carbocycles. The maximum atomic E-state index is 13.0. The molecular formula is C19H18N2O. The van der Waals surface area contributed by atoms with Crippen LogP contribution in [0.25, 0.3) is 10.9 Å². The molecule has 110 valence electrons. The minimum atomic E-state index is 0.129. The summed E-state index contributed by atoms with van der Waals surface area (Å²) in [6.45, 7) is 3.47. The molecule has 1 aliphatic heterocycles. The second-order valence-corrected chi connectivity index (χ2v) is 5.92. The minimum Gasteiger partial charge on any atom is -0.358 e. The summed E-state index contributed by atoms with van der Waals surface area (Å²) >= 11 is 0. The summed E-state index contributed by atoms with van der Waals surface area (Å²) < 4.78 is 0. The second kappa shape index (κ2) is 5.02. The Labute approximate surface area is 129 Å². The fourth-order valence-electron chi connectivity index (χ4n) is 3.38. The SMILES string of the molecule is Cc1[nH]c2ccccc2c1C(=O)N1CCc2ccccc2C1. The normalized spacial score (nSPS) is 14.1. The van der Waals surface area contributed by atoms with E-state index in [4.69, 9.17) is 0 Å². The molecule has 3 nitrogen and oxygen atoms in total. The molecule has 1 amide bonds. The summed E-state index contributed by atoms with van der Waals surface area (Å²) in [5.74, 6) is 0.129. The molecule has 0 radical (unpaired) electrons. The van der Waals surface area contributed by atoms with Gasteiger partial charge in [0, 0.05) is 29.7 Å². The number of aromatic nitrogens is 1. The Balaban J connectivity index is 1.71. The molecule has 22 heavy (non-hydrogen) atoms. The number of benzene rings is 2. The molecule has 2 heterocycles. The number of amides is 1. The zero-order valence-corrected chi connectivity index (χ0v) is 12.6. The van der Waals surface area contributed by atoms with Crippen LogP contribution in [-0.4, -0.2) is 22.3 Å². The van der Waals surface area contributed by atoms with Crippen molar-refractivity contribution in [1.82, 2.24) is 9.88 Å². The van der Waals surface area contributed by atoms with Crippen LogP contribution in [0.5, 0.6) is 0 Å². The van der Waals surface area contributed by atoms with Crippen LogP contribution in [-0.2, 0) is 13.0 Å². The highest BCUT2D eigenvalue weighted by molar-refractivity contribution is 6.08. The Morgan fingerprint density at radius 3 is 2.64 bits per heavy atom. The van der Waals surface area contributed by atoms with Gasteiger partial charge in [-0.2, -0.15) is 0 Å². The predicted molar refractivity (Wildman–Crippen MR) is 87.9 cm³/mol. The van der Waals surface area contributed by atoms with E-state index < -0.39 is 0 Å². The first-order chi connectivity index (χ1) is 10.7. The lowest BCUT2D eigenvalue weighted by molar-refractivity contribution is 0.0736. The molecular weight excluding hydrogens is 272 g/mol. The van der Waals surface area contributed by atoms with Crippen LogP contribution in [0.2, 0.25) is 0 Å². The van der Waals surface area contributed by atoms with Crippen LogP contribution in [0.1, 0.15) is 27.2 Å². The smallest absolute Gasteiger partial charge is 0.256 e. The standard InChI is InChI=1S/C19H18N2O/c1-13-18(16-8-4-5-9-17(16)20-13)19(22)21-11-10-14-6-2-3-7-15(14)12-21/h2-9,20H,10-12H2,1H3. The van der Waals surface area contributed by atoms with Crippen LogP contribution in [0.4, 0.5) is 0 Å². The summed E-state index contributed by atoms with van der Waals surface area (Å²) in [6.07, 6.45) is 0.934. The Morgan fingerprint density at radius 2 is 1.77 bits per heavy atom. The molecule has 0 fully saturated rings. The number of rotatable bonds is 1. The van der Waals surface area contributed by atoms with Gasteiger partial charge in [0.1, 0.15) is 0 Å².